The van der Waals surface area contributed by atoms with E-state index in [1.54, 1.807) is 12.4 Å². The zero-order chi connectivity index (χ0) is 11.4. The van der Waals surface area contributed by atoms with Crippen LogP contribution >= 0.6 is 15.9 Å². The minimum Gasteiger partial charge on any atom is -0.487 e. The highest BCUT2D eigenvalue weighted by molar-refractivity contribution is 9.10. The van der Waals surface area contributed by atoms with Gasteiger partial charge in [0.15, 0.2) is 0 Å². The third-order valence-corrected chi connectivity index (χ3v) is 2.56. The van der Waals surface area contributed by atoms with Crippen LogP contribution in [0.2, 0.25) is 0 Å². The third kappa shape index (κ3) is 2.73. The second-order valence-corrected chi connectivity index (χ2v) is 4.24. The van der Waals surface area contributed by atoms with Crippen molar-refractivity contribution in [2.45, 2.75) is 6.61 Å². The number of nitrogens with zero attached hydrogens (tertiary/aromatic N) is 1. The van der Waals surface area contributed by atoms with E-state index < -0.39 is 0 Å². The van der Waals surface area contributed by atoms with Crippen LogP contribution in [0.4, 0.5) is 5.69 Å². The molecule has 2 aromatic rings. The van der Waals surface area contributed by atoms with E-state index in [0.717, 1.165) is 21.5 Å². The van der Waals surface area contributed by atoms with Crippen molar-refractivity contribution in [3.8, 4) is 5.75 Å². The van der Waals surface area contributed by atoms with Gasteiger partial charge in [0.25, 0.3) is 0 Å². The number of anilines is 1. The smallest absolute Gasteiger partial charge is 0.139 e. The van der Waals surface area contributed by atoms with Crippen LogP contribution in [0.3, 0.4) is 0 Å². The number of hydrogen-bond acceptors (Lipinski definition) is 3. The fourth-order valence-electron chi connectivity index (χ4n) is 1.30. The summed E-state index contributed by atoms with van der Waals surface area (Å²) < 4.78 is 6.48. The minimum absolute atomic E-state index is 0.449. The van der Waals surface area contributed by atoms with Crippen LogP contribution in [0.5, 0.6) is 5.75 Å². The summed E-state index contributed by atoms with van der Waals surface area (Å²) in [5.41, 5.74) is 7.53. The third-order valence-electron chi connectivity index (χ3n) is 2.13. The normalized spacial score (nSPS) is 10.1. The molecule has 0 fully saturated rings. The molecule has 1 aromatic heterocycles. The summed E-state index contributed by atoms with van der Waals surface area (Å²) in [6.07, 6.45) is 3.38. The maximum absolute atomic E-state index is 5.81. The summed E-state index contributed by atoms with van der Waals surface area (Å²) in [5.74, 6) is 0.720. The molecule has 0 unspecified atom stereocenters. The maximum atomic E-state index is 5.81. The highest BCUT2D eigenvalue weighted by Gasteiger charge is 2.00. The summed E-state index contributed by atoms with van der Waals surface area (Å²) in [5, 5.41) is 0. The standard InChI is InChI=1S/C12H11BrN2O/c13-10-5-11(7-15-6-10)16-8-9-3-1-2-4-12(9)14/h1-7H,8,14H2. The Morgan fingerprint density at radius 1 is 1.25 bits per heavy atom. The lowest BCUT2D eigenvalue weighted by atomic mass is 10.2. The molecule has 1 aromatic carbocycles. The zero-order valence-corrected chi connectivity index (χ0v) is 10.1. The molecule has 82 valence electrons. The number of benzene rings is 1. The van der Waals surface area contributed by atoms with Gasteiger partial charge < -0.3 is 10.5 Å². The molecular formula is C12H11BrN2O. The minimum atomic E-state index is 0.449. The number of nitrogen functional groups attached to an aromatic ring is 1. The van der Waals surface area contributed by atoms with Crippen molar-refractivity contribution >= 4 is 21.6 Å². The van der Waals surface area contributed by atoms with Gasteiger partial charge >= 0.3 is 0 Å². The van der Waals surface area contributed by atoms with Gasteiger partial charge in [0.05, 0.1) is 6.20 Å². The average Bonchev–Trinajstić information content (AvgIpc) is 2.28. The van der Waals surface area contributed by atoms with Crippen LogP contribution in [-0.4, -0.2) is 4.98 Å². The highest BCUT2D eigenvalue weighted by atomic mass is 79.9. The Morgan fingerprint density at radius 2 is 2.06 bits per heavy atom. The van der Waals surface area contributed by atoms with Crippen molar-refractivity contribution in [3.63, 3.8) is 0 Å². The van der Waals surface area contributed by atoms with E-state index in [-0.39, 0.29) is 0 Å². The number of halogens is 1. The molecule has 4 heteroatoms. The van der Waals surface area contributed by atoms with Gasteiger partial charge in [-0.25, -0.2) is 0 Å². The van der Waals surface area contributed by atoms with Gasteiger partial charge in [-0.15, -0.1) is 0 Å². The topological polar surface area (TPSA) is 48.1 Å². The second kappa shape index (κ2) is 4.99. The Kier molecular flexibility index (Phi) is 3.41. The molecular weight excluding hydrogens is 268 g/mol. The van der Waals surface area contributed by atoms with E-state index >= 15 is 0 Å². The van der Waals surface area contributed by atoms with Crippen LogP contribution < -0.4 is 10.5 Å². The number of aromatic nitrogens is 1. The van der Waals surface area contributed by atoms with Crippen LogP contribution in [0.25, 0.3) is 0 Å². The van der Waals surface area contributed by atoms with Crippen molar-refractivity contribution in [2.75, 3.05) is 5.73 Å². The molecule has 0 aliphatic rings. The Labute approximate surface area is 102 Å². The predicted molar refractivity (Wildman–Crippen MR) is 67.1 cm³/mol. The maximum Gasteiger partial charge on any atom is 0.139 e. The Bertz CT molecular complexity index is 488. The van der Waals surface area contributed by atoms with Crippen molar-refractivity contribution < 1.29 is 4.74 Å². The first-order valence-corrected chi connectivity index (χ1v) is 5.62. The molecule has 0 aliphatic carbocycles. The average molecular weight is 279 g/mol. The second-order valence-electron chi connectivity index (χ2n) is 3.33. The van der Waals surface area contributed by atoms with Crippen LogP contribution in [0.1, 0.15) is 5.56 Å². The number of nitrogens with two attached hydrogens (primary N) is 1. The van der Waals surface area contributed by atoms with Crippen LogP contribution in [0, 0.1) is 0 Å². The summed E-state index contributed by atoms with van der Waals surface area (Å²) in [7, 11) is 0. The van der Waals surface area contributed by atoms with E-state index in [4.69, 9.17) is 10.5 Å². The van der Waals surface area contributed by atoms with E-state index in [9.17, 15) is 0 Å². The largest absolute Gasteiger partial charge is 0.487 e. The number of ether oxygens (including phenoxy) is 1. The van der Waals surface area contributed by atoms with Crippen molar-refractivity contribution in [1.29, 1.82) is 0 Å². The van der Waals surface area contributed by atoms with E-state index in [1.165, 1.54) is 0 Å². The molecule has 3 nitrogen and oxygen atoms in total. The molecule has 0 saturated carbocycles. The molecule has 16 heavy (non-hydrogen) atoms. The molecule has 0 atom stereocenters. The quantitative estimate of drug-likeness (QED) is 0.878. The molecule has 2 N–H and O–H groups in total. The molecule has 0 saturated heterocycles. The van der Waals surface area contributed by atoms with E-state index in [1.807, 2.05) is 30.3 Å². The fourth-order valence-corrected chi connectivity index (χ4v) is 1.64. The van der Waals surface area contributed by atoms with Crippen LogP contribution in [0.15, 0.2) is 47.2 Å². The highest BCUT2D eigenvalue weighted by Crippen LogP contribution is 2.18. The number of rotatable bonds is 3. The van der Waals surface area contributed by atoms with E-state index in [2.05, 4.69) is 20.9 Å². The molecule has 2 rings (SSSR count). The summed E-state index contributed by atoms with van der Waals surface area (Å²) >= 11 is 3.34. The Hall–Kier alpha value is -1.55. The van der Waals surface area contributed by atoms with Gasteiger partial charge in [0.1, 0.15) is 12.4 Å². The monoisotopic (exact) mass is 278 g/mol. The first kappa shape index (κ1) is 11.0. The lowest BCUT2D eigenvalue weighted by molar-refractivity contribution is 0.305. The summed E-state index contributed by atoms with van der Waals surface area (Å²) in [4.78, 5) is 4.02. The van der Waals surface area contributed by atoms with Gasteiger partial charge in [-0.2, -0.15) is 0 Å². The first-order chi connectivity index (χ1) is 7.75. The predicted octanol–water partition coefficient (Wildman–Crippen LogP) is 3.01. The SMILES string of the molecule is Nc1ccccc1COc1cncc(Br)c1. The van der Waals surface area contributed by atoms with Crippen molar-refractivity contribution in [3.05, 3.63) is 52.8 Å². The van der Waals surface area contributed by atoms with E-state index in [0.29, 0.717) is 6.61 Å². The Morgan fingerprint density at radius 3 is 2.81 bits per heavy atom. The number of pyridine rings is 1. The lowest BCUT2D eigenvalue weighted by Crippen LogP contribution is -1.99. The number of para-hydroxylation sites is 1. The van der Waals surface area contributed by atoms with Crippen molar-refractivity contribution in [1.82, 2.24) is 4.98 Å². The molecule has 0 amide bonds. The molecule has 0 radical (unpaired) electrons. The van der Waals surface area contributed by atoms with Gasteiger partial charge in [0, 0.05) is 21.9 Å². The molecule has 0 spiro atoms. The van der Waals surface area contributed by atoms with Gasteiger partial charge in [-0.3, -0.25) is 4.98 Å². The Balaban J connectivity index is 2.05. The molecule has 1 heterocycles. The van der Waals surface area contributed by atoms with Crippen molar-refractivity contribution in [2.24, 2.45) is 0 Å². The van der Waals surface area contributed by atoms with Gasteiger partial charge in [-0.1, -0.05) is 18.2 Å². The fraction of sp³-hybridized carbons (Fsp3) is 0.0833. The lowest BCUT2D eigenvalue weighted by Gasteiger charge is -2.07. The first-order valence-electron chi connectivity index (χ1n) is 4.82. The molecule has 0 bridgehead atoms. The number of hydrogen-bond donors (Lipinski definition) is 1. The van der Waals surface area contributed by atoms with Gasteiger partial charge in [-0.05, 0) is 28.1 Å². The van der Waals surface area contributed by atoms with Gasteiger partial charge in [0.2, 0.25) is 0 Å². The van der Waals surface area contributed by atoms with Crippen LogP contribution in [-0.2, 0) is 6.61 Å². The molecule has 0 aliphatic heterocycles. The zero-order valence-electron chi connectivity index (χ0n) is 8.56. The summed E-state index contributed by atoms with van der Waals surface area (Å²) in [6, 6.07) is 9.51. The summed E-state index contributed by atoms with van der Waals surface area (Å²) in [6.45, 7) is 0.449.